The summed E-state index contributed by atoms with van der Waals surface area (Å²) in [6.45, 7) is 0. The number of halogens is 3. The molecule has 0 fully saturated rings. The molecule has 1 N–H and O–H groups in total. The van der Waals surface area contributed by atoms with Crippen LogP contribution in [0.1, 0.15) is 11.7 Å². The van der Waals surface area contributed by atoms with Crippen LogP contribution in [0.15, 0.2) is 36.4 Å². The molecule has 2 rings (SSSR count). The summed E-state index contributed by atoms with van der Waals surface area (Å²) in [5.74, 6) is 0. The Labute approximate surface area is 105 Å². The minimum atomic E-state index is -4.82. The highest BCUT2D eigenvalue weighted by Gasteiger charge is 2.40. The third-order valence-corrected chi connectivity index (χ3v) is 2.71. The predicted octanol–water partition coefficient (Wildman–Crippen LogP) is 3.34. The minimum Gasteiger partial charge on any atom is -0.379 e. The van der Waals surface area contributed by atoms with Crippen LogP contribution in [0.5, 0.6) is 0 Å². The zero-order valence-electron chi connectivity index (χ0n) is 9.39. The standard InChI is InChI=1S/C12H8F3NO3/c13-12(14,15)11(17)9-3-1-2-7-4-5-8(16(18)19)6-10(7)9/h1-6,11,17H. The van der Waals surface area contributed by atoms with Gasteiger partial charge in [0.25, 0.3) is 5.69 Å². The second-order valence-corrected chi connectivity index (χ2v) is 3.95. The molecular weight excluding hydrogens is 263 g/mol. The van der Waals surface area contributed by atoms with Gasteiger partial charge in [0.1, 0.15) is 0 Å². The summed E-state index contributed by atoms with van der Waals surface area (Å²) in [6, 6.07) is 7.56. The van der Waals surface area contributed by atoms with Crippen LogP contribution in [0.4, 0.5) is 18.9 Å². The molecule has 0 aliphatic heterocycles. The van der Waals surface area contributed by atoms with Gasteiger partial charge in [-0.3, -0.25) is 10.1 Å². The van der Waals surface area contributed by atoms with Crippen molar-refractivity contribution in [3.05, 3.63) is 52.1 Å². The number of nitro groups is 1. The summed E-state index contributed by atoms with van der Waals surface area (Å²) in [7, 11) is 0. The Morgan fingerprint density at radius 1 is 1.21 bits per heavy atom. The van der Waals surface area contributed by atoms with Crippen LogP contribution in [0.25, 0.3) is 10.8 Å². The van der Waals surface area contributed by atoms with E-state index in [-0.39, 0.29) is 11.1 Å². The first kappa shape index (κ1) is 13.3. The number of hydrogen-bond donors (Lipinski definition) is 1. The zero-order valence-corrected chi connectivity index (χ0v) is 9.39. The molecule has 0 aliphatic carbocycles. The molecule has 2 aromatic carbocycles. The highest BCUT2D eigenvalue weighted by atomic mass is 19.4. The highest BCUT2D eigenvalue weighted by molar-refractivity contribution is 5.88. The van der Waals surface area contributed by atoms with Crippen LogP contribution < -0.4 is 0 Å². The van der Waals surface area contributed by atoms with Crippen molar-refractivity contribution in [2.45, 2.75) is 12.3 Å². The first-order valence-corrected chi connectivity index (χ1v) is 5.22. The maximum Gasteiger partial charge on any atom is 0.418 e. The lowest BCUT2D eigenvalue weighted by Crippen LogP contribution is -2.20. The van der Waals surface area contributed by atoms with E-state index in [1.54, 1.807) is 0 Å². The summed E-state index contributed by atoms with van der Waals surface area (Å²) >= 11 is 0. The molecule has 19 heavy (non-hydrogen) atoms. The van der Waals surface area contributed by atoms with Gasteiger partial charge in [0.05, 0.1) is 4.92 Å². The summed E-state index contributed by atoms with van der Waals surface area (Å²) < 4.78 is 37.6. The van der Waals surface area contributed by atoms with Gasteiger partial charge in [-0.2, -0.15) is 13.2 Å². The first-order valence-electron chi connectivity index (χ1n) is 5.22. The van der Waals surface area contributed by atoms with E-state index in [1.165, 1.54) is 24.3 Å². The van der Waals surface area contributed by atoms with E-state index < -0.39 is 22.8 Å². The maximum absolute atomic E-state index is 12.5. The summed E-state index contributed by atoms with van der Waals surface area (Å²) in [5.41, 5.74) is -0.719. The molecule has 2 aromatic rings. The van der Waals surface area contributed by atoms with Crippen molar-refractivity contribution in [1.82, 2.24) is 0 Å². The molecule has 7 heteroatoms. The van der Waals surface area contributed by atoms with Crippen molar-refractivity contribution in [1.29, 1.82) is 0 Å². The molecule has 0 heterocycles. The van der Waals surface area contributed by atoms with Crippen molar-refractivity contribution in [3.8, 4) is 0 Å². The average Bonchev–Trinajstić information content (AvgIpc) is 2.35. The van der Waals surface area contributed by atoms with Gasteiger partial charge in [-0.1, -0.05) is 18.2 Å². The quantitative estimate of drug-likeness (QED) is 0.673. The molecule has 0 radical (unpaired) electrons. The molecule has 0 bridgehead atoms. The smallest absolute Gasteiger partial charge is 0.379 e. The normalized spacial score (nSPS) is 13.5. The van der Waals surface area contributed by atoms with E-state index in [0.29, 0.717) is 5.39 Å². The topological polar surface area (TPSA) is 63.4 Å². The molecule has 4 nitrogen and oxygen atoms in total. The van der Waals surface area contributed by atoms with Crippen molar-refractivity contribution >= 4 is 16.5 Å². The number of aliphatic hydroxyl groups is 1. The van der Waals surface area contributed by atoms with Crippen LogP contribution in [-0.4, -0.2) is 16.2 Å². The molecule has 0 saturated heterocycles. The van der Waals surface area contributed by atoms with Gasteiger partial charge in [0.15, 0.2) is 6.10 Å². The fraction of sp³-hybridized carbons (Fsp3) is 0.167. The third kappa shape index (κ3) is 2.50. The van der Waals surface area contributed by atoms with E-state index in [2.05, 4.69) is 0 Å². The predicted molar refractivity (Wildman–Crippen MR) is 61.6 cm³/mol. The number of alkyl halides is 3. The lowest BCUT2D eigenvalue weighted by molar-refractivity contribution is -0.384. The molecular formula is C12H8F3NO3. The second-order valence-electron chi connectivity index (χ2n) is 3.95. The van der Waals surface area contributed by atoms with Gasteiger partial charge in [-0.05, 0) is 22.4 Å². The van der Waals surface area contributed by atoms with Crippen LogP contribution in [-0.2, 0) is 0 Å². The number of rotatable bonds is 2. The number of non-ortho nitro benzene ring substituents is 1. The number of nitrogens with zero attached hydrogens (tertiary/aromatic N) is 1. The first-order chi connectivity index (χ1) is 8.80. The van der Waals surface area contributed by atoms with Gasteiger partial charge >= 0.3 is 6.18 Å². The average molecular weight is 271 g/mol. The molecule has 0 aromatic heterocycles. The number of fused-ring (bicyclic) bond motifs is 1. The van der Waals surface area contributed by atoms with E-state index in [9.17, 15) is 28.4 Å². The van der Waals surface area contributed by atoms with Crippen LogP contribution in [0, 0.1) is 10.1 Å². The molecule has 0 amide bonds. The summed E-state index contributed by atoms with van der Waals surface area (Å²) in [6.07, 6.45) is -7.49. The van der Waals surface area contributed by atoms with E-state index in [4.69, 9.17) is 0 Å². The second kappa shape index (κ2) is 4.51. The van der Waals surface area contributed by atoms with Gasteiger partial charge in [0, 0.05) is 12.1 Å². The number of nitro benzene ring substituents is 1. The van der Waals surface area contributed by atoms with Crippen LogP contribution in [0.2, 0.25) is 0 Å². The zero-order chi connectivity index (χ0) is 14.2. The monoisotopic (exact) mass is 271 g/mol. The molecule has 1 atom stereocenters. The van der Waals surface area contributed by atoms with Gasteiger partial charge in [0.2, 0.25) is 0 Å². The highest BCUT2D eigenvalue weighted by Crippen LogP contribution is 2.36. The molecule has 100 valence electrons. The van der Waals surface area contributed by atoms with Gasteiger partial charge in [-0.15, -0.1) is 0 Å². The van der Waals surface area contributed by atoms with Gasteiger partial charge in [-0.25, -0.2) is 0 Å². The maximum atomic E-state index is 12.5. The fourth-order valence-electron chi connectivity index (χ4n) is 1.81. The summed E-state index contributed by atoms with van der Waals surface area (Å²) in [5, 5.41) is 20.3. The van der Waals surface area contributed by atoms with Crippen LogP contribution in [0.3, 0.4) is 0 Å². The minimum absolute atomic E-state index is 0.0153. The Morgan fingerprint density at radius 2 is 1.89 bits per heavy atom. The van der Waals surface area contributed by atoms with Gasteiger partial charge < -0.3 is 5.11 Å². The Hall–Kier alpha value is -2.15. The van der Waals surface area contributed by atoms with Crippen molar-refractivity contribution in [2.75, 3.05) is 0 Å². The van der Waals surface area contributed by atoms with Crippen molar-refractivity contribution in [2.24, 2.45) is 0 Å². The molecule has 1 unspecified atom stereocenters. The lowest BCUT2D eigenvalue weighted by Gasteiger charge is -2.16. The Bertz CT molecular complexity index is 640. The lowest BCUT2D eigenvalue weighted by atomic mass is 9.99. The Morgan fingerprint density at radius 3 is 2.47 bits per heavy atom. The van der Waals surface area contributed by atoms with Crippen molar-refractivity contribution < 1.29 is 23.2 Å². The fourth-order valence-corrected chi connectivity index (χ4v) is 1.81. The van der Waals surface area contributed by atoms with E-state index in [1.807, 2.05) is 0 Å². The van der Waals surface area contributed by atoms with E-state index in [0.717, 1.165) is 12.1 Å². The molecule has 0 spiro atoms. The van der Waals surface area contributed by atoms with E-state index >= 15 is 0 Å². The molecule has 0 aliphatic rings. The van der Waals surface area contributed by atoms with Crippen LogP contribution >= 0.6 is 0 Å². The summed E-state index contributed by atoms with van der Waals surface area (Å²) in [4.78, 5) is 9.95. The van der Waals surface area contributed by atoms with Crippen molar-refractivity contribution in [3.63, 3.8) is 0 Å². The number of benzene rings is 2. The largest absolute Gasteiger partial charge is 0.418 e. The Kier molecular flexibility index (Phi) is 3.15. The number of hydrogen-bond acceptors (Lipinski definition) is 3. The SMILES string of the molecule is O=[N+]([O-])c1ccc2cccc(C(O)C(F)(F)F)c2c1. The third-order valence-electron chi connectivity index (χ3n) is 2.71. The molecule has 0 saturated carbocycles. The number of aliphatic hydroxyl groups excluding tert-OH is 1. The Balaban J connectivity index is 2.67.